The molecule has 2 heterocycles. The molecule has 1 aromatic heterocycles. The molecule has 1 saturated heterocycles. The van der Waals surface area contributed by atoms with E-state index in [0.29, 0.717) is 0 Å². The summed E-state index contributed by atoms with van der Waals surface area (Å²) in [5, 5.41) is 0.831. The maximum absolute atomic E-state index is 13.1. The number of fused-ring (bicyclic) bond motifs is 1. The molecule has 0 amide bonds. The molecule has 0 spiro atoms. The molecule has 3 aromatic rings. The van der Waals surface area contributed by atoms with Gasteiger partial charge in [-0.05, 0) is 43.2 Å². The van der Waals surface area contributed by atoms with Gasteiger partial charge in [-0.1, -0.05) is 31.2 Å². The van der Waals surface area contributed by atoms with Crippen LogP contribution in [-0.4, -0.2) is 31.2 Å². The van der Waals surface area contributed by atoms with Crippen LogP contribution in [-0.2, 0) is 13.0 Å². The highest BCUT2D eigenvalue weighted by molar-refractivity contribution is 5.80. The molecular weight excluding hydrogens is 334 g/mol. The Kier molecular flexibility index (Phi) is 4.99. The second kappa shape index (κ2) is 7.57. The number of aryl methyl sites for hydroxylation is 2. The van der Waals surface area contributed by atoms with Crippen LogP contribution in [0.15, 0.2) is 53.3 Å². The van der Waals surface area contributed by atoms with Crippen molar-refractivity contribution in [2.45, 2.75) is 26.8 Å². The minimum atomic E-state index is 0.203. The van der Waals surface area contributed by atoms with Gasteiger partial charge in [0.1, 0.15) is 6.54 Å². The number of anilines is 1. The Bertz CT molecular complexity index is 986. The van der Waals surface area contributed by atoms with Crippen LogP contribution in [0.25, 0.3) is 10.9 Å². The zero-order valence-electron chi connectivity index (χ0n) is 16.2. The van der Waals surface area contributed by atoms with E-state index in [1.54, 1.807) is 0 Å². The number of rotatable bonds is 4. The van der Waals surface area contributed by atoms with Crippen LogP contribution in [0, 0.1) is 6.92 Å². The molecule has 0 saturated carbocycles. The van der Waals surface area contributed by atoms with Gasteiger partial charge in [-0.3, -0.25) is 4.79 Å². The van der Waals surface area contributed by atoms with E-state index in [0.717, 1.165) is 61.3 Å². The van der Waals surface area contributed by atoms with Crippen molar-refractivity contribution in [2.24, 2.45) is 0 Å². The SMILES string of the molecule is CCc1ccc2[nH]c(C)c(C[NH+]3CCN(c4ccccc4)CC3)c(=O)c2c1. The van der Waals surface area contributed by atoms with Crippen LogP contribution in [0.3, 0.4) is 0 Å². The summed E-state index contributed by atoms with van der Waals surface area (Å²) in [6.45, 7) is 9.13. The topological polar surface area (TPSA) is 40.5 Å². The summed E-state index contributed by atoms with van der Waals surface area (Å²) in [5.41, 5.74) is 5.61. The molecule has 1 fully saturated rings. The predicted molar refractivity (Wildman–Crippen MR) is 112 cm³/mol. The van der Waals surface area contributed by atoms with E-state index in [-0.39, 0.29) is 5.43 Å². The molecule has 0 unspecified atom stereocenters. The summed E-state index contributed by atoms with van der Waals surface area (Å²) in [6, 6.07) is 16.8. The monoisotopic (exact) mass is 362 g/mol. The number of nitrogens with one attached hydrogen (secondary N) is 2. The average Bonchev–Trinajstić information content (AvgIpc) is 2.72. The highest BCUT2D eigenvalue weighted by Gasteiger charge is 2.22. The maximum atomic E-state index is 13.1. The molecule has 0 aliphatic carbocycles. The minimum absolute atomic E-state index is 0.203. The first-order valence-electron chi connectivity index (χ1n) is 9.93. The lowest BCUT2D eigenvalue weighted by Crippen LogP contribution is -3.13. The van der Waals surface area contributed by atoms with Gasteiger partial charge in [0.15, 0.2) is 5.43 Å². The fourth-order valence-electron chi connectivity index (χ4n) is 4.08. The number of hydrogen-bond acceptors (Lipinski definition) is 2. The van der Waals surface area contributed by atoms with Gasteiger partial charge < -0.3 is 14.8 Å². The molecule has 0 bridgehead atoms. The van der Waals surface area contributed by atoms with Crippen LogP contribution in [0.4, 0.5) is 5.69 Å². The van der Waals surface area contributed by atoms with Gasteiger partial charge in [0.05, 0.1) is 31.7 Å². The van der Waals surface area contributed by atoms with Gasteiger partial charge in [-0.15, -0.1) is 0 Å². The lowest BCUT2D eigenvalue weighted by atomic mass is 10.0. The Balaban J connectivity index is 1.53. The zero-order valence-corrected chi connectivity index (χ0v) is 16.2. The van der Waals surface area contributed by atoms with Crippen molar-refractivity contribution in [3.05, 3.63) is 75.6 Å². The first-order chi connectivity index (χ1) is 13.2. The summed E-state index contributed by atoms with van der Waals surface area (Å²) in [6.07, 6.45) is 0.950. The minimum Gasteiger partial charge on any atom is -0.360 e. The van der Waals surface area contributed by atoms with Crippen molar-refractivity contribution in [3.8, 4) is 0 Å². The molecule has 4 heteroatoms. The van der Waals surface area contributed by atoms with Crippen molar-refractivity contribution in [3.63, 3.8) is 0 Å². The first kappa shape index (κ1) is 17.8. The van der Waals surface area contributed by atoms with E-state index < -0.39 is 0 Å². The van der Waals surface area contributed by atoms with Crippen LogP contribution < -0.4 is 15.2 Å². The number of quaternary nitrogens is 1. The van der Waals surface area contributed by atoms with Crippen molar-refractivity contribution in [2.75, 3.05) is 31.1 Å². The normalized spacial score (nSPS) is 15.4. The molecule has 0 atom stereocenters. The largest absolute Gasteiger partial charge is 0.360 e. The van der Waals surface area contributed by atoms with E-state index in [2.05, 4.69) is 59.3 Å². The Morgan fingerprint density at radius 1 is 1.07 bits per heavy atom. The predicted octanol–water partition coefficient (Wildman–Crippen LogP) is 2.30. The number of para-hydroxylation sites is 1. The lowest BCUT2D eigenvalue weighted by Gasteiger charge is -2.33. The molecule has 4 rings (SSSR count). The highest BCUT2D eigenvalue weighted by atomic mass is 16.1. The first-order valence-corrected chi connectivity index (χ1v) is 9.93. The van der Waals surface area contributed by atoms with E-state index in [4.69, 9.17) is 0 Å². The Labute approximate surface area is 160 Å². The number of nitrogens with zero attached hydrogens (tertiary/aromatic N) is 1. The Morgan fingerprint density at radius 3 is 2.52 bits per heavy atom. The number of piperazine rings is 1. The fraction of sp³-hybridized carbons (Fsp3) is 0.348. The van der Waals surface area contributed by atoms with Crippen molar-refractivity contribution in [1.82, 2.24) is 4.98 Å². The van der Waals surface area contributed by atoms with Gasteiger partial charge in [-0.2, -0.15) is 0 Å². The number of benzene rings is 2. The summed E-state index contributed by atoms with van der Waals surface area (Å²) < 4.78 is 0. The van der Waals surface area contributed by atoms with Crippen LogP contribution in [0.5, 0.6) is 0 Å². The third-order valence-electron chi connectivity index (χ3n) is 5.80. The number of aromatic amines is 1. The molecule has 4 nitrogen and oxygen atoms in total. The van der Waals surface area contributed by atoms with Crippen molar-refractivity contribution < 1.29 is 4.90 Å². The molecule has 0 radical (unpaired) electrons. The molecule has 27 heavy (non-hydrogen) atoms. The lowest BCUT2D eigenvalue weighted by molar-refractivity contribution is -0.914. The molecule has 1 aliphatic rings. The summed E-state index contributed by atoms with van der Waals surface area (Å²) in [4.78, 5) is 20.5. The van der Waals surface area contributed by atoms with Gasteiger partial charge >= 0.3 is 0 Å². The maximum Gasteiger partial charge on any atom is 0.198 e. The van der Waals surface area contributed by atoms with Gasteiger partial charge in [0.25, 0.3) is 0 Å². The number of pyridine rings is 1. The standard InChI is InChI=1S/C23H27N3O/c1-3-18-9-10-22-20(15-18)23(27)21(17(2)24-22)16-25-11-13-26(14-12-25)19-7-5-4-6-8-19/h4-10,15H,3,11-14,16H2,1-2H3,(H,24,27)/p+1. The molecule has 2 N–H and O–H groups in total. The summed E-state index contributed by atoms with van der Waals surface area (Å²) in [5.74, 6) is 0. The number of H-pyrrole nitrogens is 1. The van der Waals surface area contributed by atoms with Crippen LogP contribution >= 0.6 is 0 Å². The van der Waals surface area contributed by atoms with E-state index in [1.165, 1.54) is 16.2 Å². The quantitative estimate of drug-likeness (QED) is 0.748. The third-order valence-corrected chi connectivity index (χ3v) is 5.80. The number of hydrogen-bond donors (Lipinski definition) is 2. The molecular formula is C23H28N3O+. The zero-order chi connectivity index (χ0) is 18.8. The molecule has 140 valence electrons. The fourth-order valence-corrected chi connectivity index (χ4v) is 4.08. The highest BCUT2D eigenvalue weighted by Crippen LogP contribution is 2.15. The van der Waals surface area contributed by atoms with Crippen LogP contribution in [0.1, 0.15) is 23.7 Å². The molecule has 1 aliphatic heterocycles. The smallest absolute Gasteiger partial charge is 0.198 e. The van der Waals surface area contributed by atoms with Crippen LogP contribution in [0.2, 0.25) is 0 Å². The van der Waals surface area contributed by atoms with Crippen molar-refractivity contribution >= 4 is 16.6 Å². The van der Waals surface area contributed by atoms with Gasteiger partial charge in [0, 0.05) is 22.3 Å². The van der Waals surface area contributed by atoms with Gasteiger partial charge in [0.2, 0.25) is 0 Å². The van der Waals surface area contributed by atoms with Gasteiger partial charge in [-0.25, -0.2) is 0 Å². The average molecular weight is 362 g/mol. The van der Waals surface area contributed by atoms with E-state index >= 15 is 0 Å². The number of aromatic nitrogens is 1. The summed E-state index contributed by atoms with van der Waals surface area (Å²) >= 11 is 0. The molecule has 2 aromatic carbocycles. The second-order valence-electron chi connectivity index (χ2n) is 7.54. The third kappa shape index (κ3) is 3.62. The Morgan fingerprint density at radius 2 is 1.81 bits per heavy atom. The van der Waals surface area contributed by atoms with E-state index in [9.17, 15) is 4.79 Å². The van der Waals surface area contributed by atoms with Crippen molar-refractivity contribution in [1.29, 1.82) is 0 Å². The second-order valence-corrected chi connectivity index (χ2v) is 7.54. The Hall–Kier alpha value is -2.59. The summed E-state index contributed by atoms with van der Waals surface area (Å²) in [7, 11) is 0. The van der Waals surface area contributed by atoms with E-state index in [1.807, 2.05) is 13.0 Å².